The summed E-state index contributed by atoms with van der Waals surface area (Å²) in [5.41, 5.74) is 1.03. The van der Waals surface area contributed by atoms with Crippen LogP contribution in [-0.2, 0) is 19.1 Å². The number of carbonyl (C=O) groups excluding carboxylic acids is 3. The van der Waals surface area contributed by atoms with E-state index < -0.39 is 5.97 Å². The smallest absolute Gasteiger partial charge is 0.325 e. The van der Waals surface area contributed by atoms with Gasteiger partial charge in [0, 0.05) is 42.8 Å². The van der Waals surface area contributed by atoms with Gasteiger partial charge in [-0.1, -0.05) is 36.9 Å². The molecule has 29 heavy (non-hydrogen) atoms. The standard InChI is InChI=1S/C21H28ClN3O4/c22-17-7-4-8-18(13-17)24-9-11-25(12-10-24)19(26)15-29-20(27)14-23-21(28)16-5-2-1-3-6-16/h4,7-8,13,16H,1-3,5-6,9-12,14-15H2,(H,23,28). The molecule has 0 aromatic heterocycles. The van der Waals surface area contributed by atoms with Crippen LogP contribution in [0.2, 0.25) is 5.02 Å². The number of rotatable bonds is 6. The lowest BCUT2D eigenvalue weighted by molar-refractivity contribution is -0.152. The number of hydrogen-bond acceptors (Lipinski definition) is 5. The first kappa shape index (κ1) is 21.4. The van der Waals surface area contributed by atoms with Crippen molar-refractivity contribution in [2.45, 2.75) is 32.1 Å². The van der Waals surface area contributed by atoms with Crippen LogP contribution < -0.4 is 10.2 Å². The van der Waals surface area contributed by atoms with Crippen molar-refractivity contribution in [3.05, 3.63) is 29.3 Å². The molecule has 0 radical (unpaired) electrons. The van der Waals surface area contributed by atoms with E-state index in [1.54, 1.807) is 4.90 Å². The van der Waals surface area contributed by atoms with Gasteiger partial charge in [-0.25, -0.2) is 0 Å². The van der Waals surface area contributed by atoms with Gasteiger partial charge in [0.15, 0.2) is 6.61 Å². The first-order valence-electron chi connectivity index (χ1n) is 10.2. The van der Waals surface area contributed by atoms with E-state index in [1.807, 2.05) is 24.3 Å². The number of hydrogen-bond donors (Lipinski definition) is 1. The van der Waals surface area contributed by atoms with Crippen LogP contribution in [0.1, 0.15) is 32.1 Å². The highest BCUT2D eigenvalue weighted by Gasteiger charge is 2.24. The summed E-state index contributed by atoms with van der Waals surface area (Å²) in [6.07, 6.45) is 5.03. The van der Waals surface area contributed by atoms with Crippen molar-refractivity contribution >= 4 is 35.1 Å². The molecule has 2 amide bonds. The molecule has 0 unspecified atom stereocenters. The van der Waals surface area contributed by atoms with Gasteiger partial charge in [-0.05, 0) is 31.0 Å². The summed E-state index contributed by atoms with van der Waals surface area (Å²) in [7, 11) is 0. The van der Waals surface area contributed by atoms with E-state index in [1.165, 1.54) is 6.42 Å². The molecular weight excluding hydrogens is 394 g/mol. The van der Waals surface area contributed by atoms with Gasteiger partial charge in [-0.15, -0.1) is 0 Å². The summed E-state index contributed by atoms with van der Waals surface area (Å²) < 4.78 is 5.05. The number of carbonyl (C=O) groups is 3. The zero-order chi connectivity index (χ0) is 20.6. The summed E-state index contributed by atoms with van der Waals surface area (Å²) >= 11 is 6.04. The highest BCUT2D eigenvalue weighted by Crippen LogP contribution is 2.23. The molecule has 0 spiro atoms. The average molecular weight is 422 g/mol. The molecule has 1 aliphatic carbocycles. The number of piperazine rings is 1. The van der Waals surface area contributed by atoms with Crippen LogP contribution in [0, 0.1) is 5.92 Å². The Morgan fingerprint density at radius 2 is 1.79 bits per heavy atom. The SMILES string of the molecule is O=C(CNC(=O)C1CCCCC1)OCC(=O)N1CCN(c2cccc(Cl)c2)CC1. The minimum atomic E-state index is -0.583. The number of ether oxygens (including phenoxy) is 1. The minimum Gasteiger partial charge on any atom is -0.454 e. The molecule has 3 rings (SSSR count). The molecule has 1 heterocycles. The Balaban J connectivity index is 1.34. The highest BCUT2D eigenvalue weighted by atomic mass is 35.5. The van der Waals surface area contributed by atoms with Gasteiger partial charge < -0.3 is 19.9 Å². The van der Waals surface area contributed by atoms with Crippen molar-refractivity contribution < 1.29 is 19.1 Å². The number of amides is 2. The van der Waals surface area contributed by atoms with E-state index in [4.69, 9.17) is 16.3 Å². The average Bonchev–Trinajstić information content (AvgIpc) is 2.76. The third-order valence-electron chi connectivity index (χ3n) is 5.55. The van der Waals surface area contributed by atoms with E-state index in [9.17, 15) is 14.4 Å². The molecule has 1 saturated carbocycles. The fourth-order valence-electron chi connectivity index (χ4n) is 3.84. The van der Waals surface area contributed by atoms with Gasteiger partial charge >= 0.3 is 5.97 Å². The number of nitrogens with one attached hydrogen (secondary N) is 1. The fraction of sp³-hybridized carbons (Fsp3) is 0.571. The zero-order valence-corrected chi connectivity index (χ0v) is 17.3. The third kappa shape index (κ3) is 6.35. The number of halogens is 1. The molecule has 8 heteroatoms. The van der Waals surface area contributed by atoms with Crippen LogP contribution >= 0.6 is 11.6 Å². The van der Waals surface area contributed by atoms with Crippen LogP contribution in [0.5, 0.6) is 0 Å². The lowest BCUT2D eigenvalue weighted by Gasteiger charge is -2.36. The first-order valence-corrected chi connectivity index (χ1v) is 10.6. The molecule has 1 aromatic carbocycles. The second kappa shape index (κ2) is 10.5. The summed E-state index contributed by atoms with van der Waals surface area (Å²) in [4.78, 5) is 40.1. The van der Waals surface area contributed by atoms with Gasteiger partial charge in [-0.3, -0.25) is 14.4 Å². The molecule has 1 aliphatic heterocycles. The molecule has 2 fully saturated rings. The molecular formula is C21H28ClN3O4. The molecule has 1 aromatic rings. The zero-order valence-electron chi connectivity index (χ0n) is 16.6. The van der Waals surface area contributed by atoms with E-state index in [0.29, 0.717) is 31.2 Å². The topological polar surface area (TPSA) is 78.9 Å². The molecule has 1 N–H and O–H groups in total. The Bertz CT molecular complexity index is 728. The largest absolute Gasteiger partial charge is 0.454 e. The Morgan fingerprint density at radius 1 is 1.07 bits per heavy atom. The highest BCUT2D eigenvalue weighted by molar-refractivity contribution is 6.30. The van der Waals surface area contributed by atoms with Crippen molar-refractivity contribution in [1.29, 1.82) is 0 Å². The van der Waals surface area contributed by atoms with Gasteiger partial charge in [0.2, 0.25) is 5.91 Å². The Labute approximate surface area is 176 Å². The molecule has 2 aliphatic rings. The third-order valence-corrected chi connectivity index (χ3v) is 5.78. The van der Waals surface area contributed by atoms with Crippen LogP contribution in [0.15, 0.2) is 24.3 Å². The van der Waals surface area contributed by atoms with Crippen LogP contribution in [0.3, 0.4) is 0 Å². The van der Waals surface area contributed by atoms with Crippen molar-refractivity contribution in [3.8, 4) is 0 Å². The predicted octanol–water partition coefficient (Wildman–Crippen LogP) is 2.23. The second-order valence-corrected chi connectivity index (χ2v) is 8.00. The van der Waals surface area contributed by atoms with Crippen LogP contribution in [-0.4, -0.2) is 62.0 Å². The van der Waals surface area contributed by atoms with Crippen LogP contribution in [0.25, 0.3) is 0 Å². The maximum absolute atomic E-state index is 12.3. The molecule has 0 atom stereocenters. The Kier molecular flexibility index (Phi) is 7.75. The maximum Gasteiger partial charge on any atom is 0.325 e. The van der Waals surface area contributed by atoms with E-state index in [0.717, 1.165) is 31.4 Å². The van der Waals surface area contributed by atoms with Gasteiger partial charge in [0.25, 0.3) is 5.91 Å². The molecule has 0 bridgehead atoms. The van der Waals surface area contributed by atoms with Gasteiger partial charge in [0.05, 0.1) is 0 Å². The normalized spacial score (nSPS) is 17.7. The molecule has 7 nitrogen and oxygen atoms in total. The quantitative estimate of drug-likeness (QED) is 0.712. The lowest BCUT2D eigenvalue weighted by Crippen LogP contribution is -2.50. The Hall–Kier alpha value is -2.28. The monoisotopic (exact) mass is 421 g/mol. The summed E-state index contributed by atoms with van der Waals surface area (Å²) in [6, 6.07) is 7.63. The van der Waals surface area contributed by atoms with Gasteiger partial charge in [-0.2, -0.15) is 0 Å². The number of benzene rings is 1. The lowest BCUT2D eigenvalue weighted by atomic mass is 9.89. The van der Waals surface area contributed by atoms with Gasteiger partial charge in [0.1, 0.15) is 6.54 Å². The molecule has 158 valence electrons. The van der Waals surface area contributed by atoms with Crippen molar-refractivity contribution in [1.82, 2.24) is 10.2 Å². The van der Waals surface area contributed by atoms with E-state index >= 15 is 0 Å². The van der Waals surface area contributed by atoms with Crippen LogP contribution in [0.4, 0.5) is 5.69 Å². The summed E-state index contributed by atoms with van der Waals surface area (Å²) in [5, 5.41) is 3.31. The number of anilines is 1. The second-order valence-electron chi connectivity index (χ2n) is 7.56. The molecule has 1 saturated heterocycles. The minimum absolute atomic E-state index is 0.00558. The first-order chi connectivity index (χ1) is 14.0. The fourth-order valence-corrected chi connectivity index (χ4v) is 4.02. The number of nitrogens with zero attached hydrogens (tertiary/aromatic N) is 2. The summed E-state index contributed by atoms with van der Waals surface area (Å²) in [5.74, 6) is -0.901. The van der Waals surface area contributed by atoms with E-state index in [2.05, 4.69) is 10.2 Å². The Morgan fingerprint density at radius 3 is 2.48 bits per heavy atom. The summed E-state index contributed by atoms with van der Waals surface area (Å²) in [6.45, 7) is 2.01. The maximum atomic E-state index is 12.3. The van der Waals surface area contributed by atoms with Crippen molar-refractivity contribution in [3.63, 3.8) is 0 Å². The van der Waals surface area contributed by atoms with Crippen molar-refractivity contribution in [2.75, 3.05) is 44.2 Å². The van der Waals surface area contributed by atoms with Crippen molar-refractivity contribution in [2.24, 2.45) is 5.92 Å². The number of esters is 1. The van der Waals surface area contributed by atoms with E-state index in [-0.39, 0.29) is 30.9 Å². The predicted molar refractivity (Wildman–Crippen MR) is 111 cm³/mol.